The van der Waals surface area contributed by atoms with Crippen LogP contribution in [0.1, 0.15) is 36.0 Å². The molecule has 2 rings (SSSR count). The first kappa shape index (κ1) is 14.9. The summed E-state index contributed by atoms with van der Waals surface area (Å²) < 4.78 is 0. The van der Waals surface area contributed by atoms with E-state index in [1.807, 2.05) is 4.90 Å². The van der Waals surface area contributed by atoms with E-state index in [9.17, 15) is 15.0 Å². The molecule has 4 N–H and O–H groups in total. The van der Waals surface area contributed by atoms with Crippen LogP contribution < -0.4 is 10.6 Å². The van der Waals surface area contributed by atoms with Crippen LogP contribution in [0.5, 0.6) is 0 Å². The van der Waals surface area contributed by atoms with Crippen molar-refractivity contribution in [3.05, 3.63) is 22.7 Å². The van der Waals surface area contributed by atoms with Gasteiger partial charge in [0.25, 0.3) is 0 Å². The van der Waals surface area contributed by atoms with E-state index in [1.165, 1.54) is 6.07 Å². The number of nitrogens with zero attached hydrogens (tertiary/aromatic N) is 1. The average Bonchev–Trinajstić information content (AvgIpc) is 2.89. The zero-order valence-corrected chi connectivity index (χ0v) is 11.9. The summed E-state index contributed by atoms with van der Waals surface area (Å²) in [7, 11) is 0. The van der Waals surface area contributed by atoms with Gasteiger partial charge < -0.3 is 20.8 Å². The highest BCUT2D eigenvalue weighted by Crippen LogP contribution is 2.37. The summed E-state index contributed by atoms with van der Waals surface area (Å²) >= 11 is 6.22. The summed E-state index contributed by atoms with van der Waals surface area (Å²) in [6, 6.07) is 3.20. The van der Waals surface area contributed by atoms with Crippen LogP contribution in [0.25, 0.3) is 0 Å². The number of carbonyl (C=O) groups is 1. The molecule has 1 aliphatic carbocycles. The molecule has 0 aromatic heterocycles. The molecule has 0 bridgehead atoms. The van der Waals surface area contributed by atoms with Crippen LogP contribution in [0.3, 0.4) is 0 Å². The van der Waals surface area contributed by atoms with Gasteiger partial charge in [0.1, 0.15) is 0 Å². The Morgan fingerprint density at radius 1 is 1.40 bits per heavy atom. The third-order valence-electron chi connectivity index (χ3n) is 3.71. The Balaban J connectivity index is 2.48. The van der Waals surface area contributed by atoms with Gasteiger partial charge in [0.15, 0.2) is 0 Å². The van der Waals surface area contributed by atoms with Crippen LogP contribution >= 0.6 is 11.6 Å². The second kappa shape index (κ2) is 6.33. The number of hydrogen-bond acceptors (Lipinski definition) is 4. The number of nitrogens with two attached hydrogens (primary N) is 1. The number of anilines is 2. The standard InChI is InChI=1S/C14H19ClN2O3/c15-12-8-9(16)7-11(14(19)20)13(12)17(5-6-18)10-3-1-2-4-10/h7-8,10,18H,1-6,16H2,(H,19,20). The summed E-state index contributed by atoms with van der Waals surface area (Å²) in [5, 5.41) is 19.0. The molecule has 0 spiro atoms. The summed E-state index contributed by atoms with van der Waals surface area (Å²) in [5.74, 6) is -1.06. The Hall–Kier alpha value is -1.46. The number of halogens is 1. The fourth-order valence-electron chi connectivity index (χ4n) is 2.88. The maximum atomic E-state index is 11.4. The minimum absolute atomic E-state index is 0.0454. The number of aliphatic hydroxyl groups is 1. The molecule has 6 heteroatoms. The maximum absolute atomic E-state index is 11.4. The first-order valence-corrected chi connectivity index (χ1v) is 7.12. The van der Waals surface area contributed by atoms with Crippen molar-refractivity contribution in [2.45, 2.75) is 31.7 Å². The molecule has 20 heavy (non-hydrogen) atoms. The predicted octanol–water partition coefficient (Wildman–Crippen LogP) is 2.36. The minimum atomic E-state index is -1.06. The quantitative estimate of drug-likeness (QED) is 0.726. The highest BCUT2D eigenvalue weighted by molar-refractivity contribution is 6.34. The van der Waals surface area contributed by atoms with E-state index in [0.29, 0.717) is 22.9 Å². The molecule has 0 radical (unpaired) electrons. The topological polar surface area (TPSA) is 86.8 Å². The first-order valence-electron chi connectivity index (χ1n) is 6.74. The number of aliphatic hydroxyl groups excluding tert-OH is 1. The molecule has 1 saturated carbocycles. The molecule has 0 heterocycles. The number of nitrogen functional groups attached to an aromatic ring is 1. The van der Waals surface area contributed by atoms with E-state index >= 15 is 0 Å². The van der Waals surface area contributed by atoms with Crippen molar-refractivity contribution in [1.29, 1.82) is 0 Å². The lowest BCUT2D eigenvalue weighted by atomic mass is 10.1. The van der Waals surface area contributed by atoms with Crippen LogP contribution in [-0.4, -0.2) is 35.4 Å². The zero-order valence-electron chi connectivity index (χ0n) is 11.2. The minimum Gasteiger partial charge on any atom is -0.478 e. The van der Waals surface area contributed by atoms with Crippen LogP contribution in [0.4, 0.5) is 11.4 Å². The van der Waals surface area contributed by atoms with Gasteiger partial charge in [-0.1, -0.05) is 24.4 Å². The highest BCUT2D eigenvalue weighted by Gasteiger charge is 2.28. The largest absolute Gasteiger partial charge is 0.478 e. The first-order chi connectivity index (χ1) is 9.54. The zero-order chi connectivity index (χ0) is 14.7. The van der Waals surface area contributed by atoms with Gasteiger partial charge in [-0.05, 0) is 25.0 Å². The molecule has 0 amide bonds. The summed E-state index contributed by atoms with van der Waals surface area (Å²) in [6.07, 6.45) is 4.20. The summed E-state index contributed by atoms with van der Waals surface area (Å²) in [5.41, 5.74) is 6.56. The molecular weight excluding hydrogens is 280 g/mol. The second-order valence-electron chi connectivity index (χ2n) is 5.06. The van der Waals surface area contributed by atoms with Gasteiger partial charge in [-0.2, -0.15) is 0 Å². The second-order valence-corrected chi connectivity index (χ2v) is 5.47. The van der Waals surface area contributed by atoms with Crippen molar-refractivity contribution in [3.63, 3.8) is 0 Å². The van der Waals surface area contributed by atoms with E-state index in [1.54, 1.807) is 6.07 Å². The summed E-state index contributed by atoms with van der Waals surface area (Å²) in [6.45, 7) is 0.324. The van der Waals surface area contributed by atoms with E-state index in [0.717, 1.165) is 25.7 Å². The molecule has 1 fully saturated rings. The monoisotopic (exact) mass is 298 g/mol. The number of hydrogen-bond donors (Lipinski definition) is 3. The van der Waals surface area contributed by atoms with E-state index in [4.69, 9.17) is 17.3 Å². The fraction of sp³-hybridized carbons (Fsp3) is 0.500. The summed E-state index contributed by atoms with van der Waals surface area (Å²) in [4.78, 5) is 13.4. The third kappa shape index (κ3) is 2.99. The molecule has 110 valence electrons. The van der Waals surface area contributed by atoms with Gasteiger partial charge in [0.2, 0.25) is 0 Å². The lowest BCUT2D eigenvalue weighted by molar-refractivity contribution is 0.0697. The van der Waals surface area contributed by atoms with Gasteiger partial charge in [-0.3, -0.25) is 0 Å². The normalized spacial score (nSPS) is 15.5. The maximum Gasteiger partial charge on any atom is 0.337 e. The van der Waals surface area contributed by atoms with Crippen LogP contribution in [0.15, 0.2) is 12.1 Å². The molecule has 1 aliphatic rings. The highest BCUT2D eigenvalue weighted by atomic mass is 35.5. The van der Waals surface area contributed by atoms with Gasteiger partial charge >= 0.3 is 5.97 Å². The van der Waals surface area contributed by atoms with Gasteiger partial charge in [0.05, 0.1) is 22.9 Å². The molecule has 1 aromatic rings. The lowest BCUT2D eigenvalue weighted by Crippen LogP contribution is -2.37. The Morgan fingerprint density at radius 3 is 2.60 bits per heavy atom. The van der Waals surface area contributed by atoms with Crippen molar-refractivity contribution in [2.24, 2.45) is 0 Å². The van der Waals surface area contributed by atoms with Gasteiger partial charge in [0, 0.05) is 18.3 Å². The average molecular weight is 299 g/mol. The van der Waals surface area contributed by atoms with Crippen molar-refractivity contribution in [3.8, 4) is 0 Å². The SMILES string of the molecule is Nc1cc(Cl)c(N(CCO)C2CCCC2)c(C(=O)O)c1. The Kier molecular flexibility index (Phi) is 4.73. The Morgan fingerprint density at radius 2 is 2.05 bits per heavy atom. The predicted molar refractivity (Wildman–Crippen MR) is 79.5 cm³/mol. The number of rotatable bonds is 5. The van der Waals surface area contributed by atoms with Crippen molar-refractivity contribution in [1.82, 2.24) is 0 Å². The van der Waals surface area contributed by atoms with Crippen LogP contribution in [-0.2, 0) is 0 Å². The molecular formula is C14H19ClN2O3. The van der Waals surface area contributed by atoms with E-state index in [-0.39, 0.29) is 18.2 Å². The van der Waals surface area contributed by atoms with Gasteiger partial charge in [-0.25, -0.2) is 4.79 Å². The van der Waals surface area contributed by atoms with Crippen LogP contribution in [0.2, 0.25) is 5.02 Å². The fourth-order valence-corrected chi connectivity index (χ4v) is 3.21. The van der Waals surface area contributed by atoms with E-state index < -0.39 is 5.97 Å². The van der Waals surface area contributed by atoms with E-state index in [2.05, 4.69) is 0 Å². The number of carboxylic acid groups (broad SMARTS) is 1. The Labute approximate surface area is 122 Å². The lowest BCUT2D eigenvalue weighted by Gasteiger charge is -2.32. The molecule has 0 aliphatic heterocycles. The third-order valence-corrected chi connectivity index (χ3v) is 4.00. The van der Waals surface area contributed by atoms with Crippen molar-refractivity contribution in [2.75, 3.05) is 23.8 Å². The number of benzene rings is 1. The Bertz CT molecular complexity index is 501. The number of carboxylic acids is 1. The molecule has 0 atom stereocenters. The molecule has 0 unspecified atom stereocenters. The van der Waals surface area contributed by atoms with Gasteiger partial charge in [-0.15, -0.1) is 0 Å². The van der Waals surface area contributed by atoms with Crippen molar-refractivity contribution >= 4 is 28.9 Å². The molecule has 1 aromatic carbocycles. The van der Waals surface area contributed by atoms with Crippen molar-refractivity contribution < 1.29 is 15.0 Å². The van der Waals surface area contributed by atoms with Crippen LogP contribution in [0, 0.1) is 0 Å². The number of aromatic carboxylic acids is 1. The molecule has 0 saturated heterocycles. The molecule has 5 nitrogen and oxygen atoms in total. The smallest absolute Gasteiger partial charge is 0.337 e.